The molecular weight excluding hydrogens is 325 g/mol. The number of benzene rings is 2. The summed E-state index contributed by atoms with van der Waals surface area (Å²) in [6.07, 6.45) is 1.29. The van der Waals surface area contributed by atoms with Gasteiger partial charge < -0.3 is 10.2 Å². The first-order chi connectivity index (χ1) is 12.1. The van der Waals surface area contributed by atoms with Crippen molar-refractivity contribution in [2.45, 2.75) is 18.9 Å². The summed E-state index contributed by atoms with van der Waals surface area (Å²) < 4.78 is 13.8. The average molecular weight is 343 g/mol. The second-order valence-electron chi connectivity index (χ2n) is 5.96. The van der Waals surface area contributed by atoms with Crippen molar-refractivity contribution in [1.82, 2.24) is 4.90 Å². The Morgan fingerprint density at radius 3 is 2.44 bits per heavy atom. The summed E-state index contributed by atoms with van der Waals surface area (Å²) >= 11 is 0. The first kappa shape index (κ1) is 16.9. The normalized spacial score (nSPS) is 15.0. The van der Waals surface area contributed by atoms with E-state index in [1.807, 2.05) is 0 Å². The highest BCUT2D eigenvalue weighted by Gasteiger charge is 2.26. The lowest BCUT2D eigenvalue weighted by Crippen LogP contribution is -2.42. The van der Waals surface area contributed by atoms with Crippen LogP contribution in [0.3, 0.4) is 0 Å². The standard InChI is InChI=1S/C18H18FN3O3/c19-15-6-2-1-5-14(15)18(23)21-11-9-13(10-12-21)20-16-7-3-4-8-17(16)22(24)25/h1-8,13,20H,9-12H2. The van der Waals surface area contributed by atoms with Crippen LogP contribution in [0.15, 0.2) is 48.5 Å². The molecule has 7 heteroatoms. The first-order valence-electron chi connectivity index (χ1n) is 8.10. The highest BCUT2D eigenvalue weighted by Crippen LogP contribution is 2.26. The van der Waals surface area contributed by atoms with E-state index in [4.69, 9.17) is 0 Å². The van der Waals surface area contributed by atoms with E-state index in [2.05, 4.69) is 5.32 Å². The SMILES string of the molecule is O=C(c1ccccc1F)N1CCC(Nc2ccccc2[N+](=O)[O-])CC1. The molecule has 0 radical (unpaired) electrons. The molecular formula is C18H18FN3O3. The number of nitrogens with one attached hydrogen (secondary N) is 1. The zero-order valence-corrected chi connectivity index (χ0v) is 13.5. The minimum Gasteiger partial charge on any atom is -0.377 e. The Bertz CT molecular complexity index is 789. The zero-order chi connectivity index (χ0) is 17.8. The van der Waals surface area contributed by atoms with E-state index in [1.165, 1.54) is 18.2 Å². The molecule has 130 valence electrons. The molecule has 3 rings (SSSR count). The maximum absolute atomic E-state index is 13.8. The Balaban J connectivity index is 1.62. The quantitative estimate of drug-likeness (QED) is 0.681. The highest BCUT2D eigenvalue weighted by molar-refractivity contribution is 5.94. The predicted octanol–water partition coefficient (Wildman–Crippen LogP) is 3.45. The van der Waals surface area contributed by atoms with Crippen LogP contribution in [0.1, 0.15) is 23.2 Å². The van der Waals surface area contributed by atoms with Crippen LogP contribution in [0.5, 0.6) is 0 Å². The number of nitro benzene ring substituents is 1. The Morgan fingerprint density at radius 2 is 1.76 bits per heavy atom. The van der Waals surface area contributed by atoms with Gasteiger partial charge in [-0.25, -0.2) is 4.39 Å². The average Bonchev–Trinajstić information content (AvgIpc) is 2.62. The third kappa shape index (κ3) is 3.76. The number of hydrogen-bond donors (Lipinski definition) is 1. The van der Waals surface area contributed by atoms with Crippen molar-refractivity contribution in [3.63, 3.8) is 0 Å². The summed E-state index contributed by atoms with van der Waals surface area (Å²) in [6.45, 7) is 0.955. The second-order valence-corrected chi connectivity index (χ2v) is 5.96. The van der Waals surface area contributed by atoms with Crippen LogP contribution in [0.25, 0.3) is 0 Å². The van der Waals surface area contributed by atoms with Gasteiger partial charge in [0.2, 0.25) is 0 Å². The molecule has 1 aliphatic heterocycles. The fraction of sp³-hybridized carbons (Fsp3) is 0.278. The van der Waals surface area contributed by atoms with E-state index in [9.17, 15) is 19.3 Å². The Kier molecular flexibility index (Phi) is 4.92. The fourth-order valence-corrected chi connectivity index (χ4v) is 3.01. The number of hydrogen-bond acceptors (Lipinski definition) is 4. The number of nitro groups is 1. The van der Waals surface area contributed by atoms with Gasteiger partial charge in [-0.3, -0.25) is 14.9 Å². The molecule has 1 N–H and O–H groups in total. The number of likely N-dealkylation sites (tertiary alicyclic amines) is 1. The molecule has 0 atom stereocenters. The van der Waals surface area contributed by atoms with Crippen molar-refractivity contribution in [3.8, 4) is 0 Å². The Hall–Kier alpha value is -2.96. The summed E-state index contributed by atoms with van der Waals surface area (Å²) in [4.78, 5) is 24.7. The fourth-order valence-electron chi connectivity index (χ4n) is 3.01. The van der Waals surface area contributed by atoms with Crippen molar-refractivity contribution >= 4 is 17.3 Å². The van der Waals surface area contributed by atoms with Gasteiger partial charge in [0, 0.05) is 25.2 Å². The zero-order valence-electron chi connectivity index (χ0n) is 13.5. The monoisotopic (exact) mass is 343 g/mol. The van der Waals surface area contributed by atoms with Gasteiger partial charge in [0.25, 0.3) is 11.6 Å². The third-order valence-electron chi connectivity index (χ3n) is 4.35. The number of nitrogens with zero attached hydrogens (tertiary/aromatic N) is 2. The number of carbonyl (C=O) groups is 1. The summed E-state index contributed by atoms with van der Waals surface area (Å²) in [5.41, 5.74) is 0.589. The number of amides is 1. The van der Waals surface area contributed by atoms with Crippen LogP contribution in [0, 0.1) is 15.9 Å². The predicted molar refractivity (Wildman–Crippen MR) is 92.0 cm³/mol. The van der Waals surface area contributed by atoms with E-state index in [0.29, 0.717) is 31.6 Å². The van der Waals surface area contributed by atoms with Gasteiger partial charge in [-0.1, -0.05) is 24.3 Å². The molecule has 0 aliphatic carbocycles. The molecule has 0 unspecified atom stereocenters. The second kappa shape index (κ2) is 7.29. The van der Waals surface area contributed by atoms with Gasteiger partial charge in [-0.2, -0.15) is 0 Å². The molecule has 2 aromatic rings. The molecule has 1 amide bonds. The molecule has 0 bridgehead atoms. The summed E-state index contributed by atoms with van der Waals surface area (Å²) in [5, 5.41) is 14.3. The van der Waals surface area contributed by atoms with Crippen LogP contribution in [0.2, 0.25) is 0 Å². The maximum Gasteiger partial charge on any atom is 0.292 e. The summed E-state index contributed by atoms with van der Waals surface area (Å²) in [6, 6.07) is 12.5. The van der Waals surface area contributed by atoms with Gasteiger partial charge in [-0.15, -0.1) is 0 Å². The van der Waals surface area contributed by atoms with Crippen LogP contribution in [0.4, 0.5) is 15.8 Å². The number of rotatable bonds is 4. The molecule has 1 aliphatic rings. The third-order valence-corrected chi connectivity index (χ3v) is 4.35. The Morgan fingerprint density at radius 1 is 1.12 bits per heavy atom. The molecule has 1 heterocycles. The van der Waals surface area contributed by atoms with Crippen molar-refractivity contribution in [3.05, 3.63) is 70.0 Å². The number of piperidine rings is 1. The lowest BCUT2D eigenvalue weighted by molar-refractivity contribution is -0.384. The molecule has 0 saturated carbocycles. The van der Waals surface area contributed by atoms with E-state index in [-0.39, 0.29) is 23.2 Å². The number of halogens is 1. The van der Waals surface area contributed by atoms with Gasteiger partial charge in [0.15, 0.2) is 0 Å². The van der Waals surface area contributed by atoms with Gasteiger partial charge in [0.05, 0.1) is 10.5 Å². The molecule has 1 fully saturated rings. The van der Waals surface area contributed by atoms with Crippen LogP contribution < -0.4 is 5.32 Å². The summed E-state index contributed by atoms with van der Waals surface area (Å²) in [5.74, 6) is -0.838. The maximum atomic E-state index is 13.8. The lowest BCUT2D eigenvalue weighted by Gasteiger charge is -2.33. The van der Waals surface area contributed by atoms with Crippen LogP contribution >= 0.6 is 0 Å². The number of anilines is 1. The molecule has 1 saturated heterocycles. The van der Waals surface area contributed by atoms with Crippen LogP contribution in [-0.2, 0) is 0 Å². The molecule has 25 heavy (non-hydrogen) atoms. The van der Waals surface area contributed by atoms with Crippen molar-refractivity contribution < 1.29 is 14.1 Å². The summed E-state index contributed by atoms with van der Waals surface area (Å²) in [7, 11) is 0. The van der Waals surface area contributed by atoms with Crippen molar-refractivity contribution in [2.75, 3.05) is 18.4 Å². The molecule has 6 nitrogen and oxygen atoms in total. The van der Waals surface area contributed by atoms with E-state index in [0.717, 1.165) is 0 Å². The number of para-hydroxylation sites is 2. The first-order valence-corrected chi connectivity index (χ1v) is 8.10. The number of carbonyl (C=O) groups excluding carboxylic acids is 1. The van der Waals surface area contributed by atoms with E-state index < -0.39 is 10.7 Å². The highest BCUT2D eigenvalue weighted by atomic mass is 19.1. The van der Waals surface area contributed by atoms with E-state index in [1.54, 1.807) is 35.2 Å². The largest absolute Gasteiger partial charge is 0.377 e. The molecule has 0 aromatic heterocycles. The van der Waals surface area contributed by atoms with E-state index >= 15 is 0 Å². The van der Waals surface area contributed by atoms with Gasteiger partial charge in [-0.05, 0) is 31.0 Å². The van der Waals surface area contributed by atoms with Crippen LogP contribution in [-0.4, -0.2) is 34.9 Å². The van der Waals surface area contributed by atoms with Crippen molar-refractivity contribution in [2.24, 2.45) is 0 Å². The Labute approximate surface area is 144 Å². The topological polar surface area (TPSA) is 75.5 Å². The van der Waals surface area contributed by atoms with Gasteiger partial charge >= 0.3 is 0 Å². The lowest BCUT2D eigenvalue weighted by atomic mass is 10.0. The smallest absolute Gasteiger partial charge is 0.292 e. The minimum absolute atomic E-state index is 0.0331. The minimum atomic E-state index is -0.521. The van der Waals surface area contributed by atoms with Gasteiger partial charge in [0.1, 0.15) is 11.5 Å². The molecule has 0 spiro atoms. The molecule has 2 aromatic carbocycles. The van der Waals surface area contributed by atoms with Crippen molar-refractivity contribution in [1.29, 1.82) is 0 Å².